The Balaban J connectivity index is 2.01. The maximum atomic E-state index is 13.3. The number of hydrogen-bond acceptors (Lipinski definition) is 6. The number of morpholine rings is 1. The van der Waals surface area contributed by atoms with Crippen LogP contribution >= 0.6 is 0 Å². The topological polar surface area (TPSA) is 107 Å². The molecule has 0 aliphatic carbocycles. The van der Waals surface area contributed by atoms with Gasteiger partial charge in [-0.1, -0.05) is 27.2 Å². The predicted octanol–water partition coefficient (Wildman–Crippen LogP) is 2.12. The first-order chi connectivity index (χ1) is 15.7. The minimum atomic E-state index is -0.892. The van der Waals surface area contributed by atoms with Crippen LogP contribution in [0.2, 0.25) is 0 Å². The molecular formula is C24H43N5O4. The van der Waals surface area contributed by atoms with Gasteiger partial charge in [0.05, 0.1) is 19.3 Å². The second-order valence-electron chi connectivity index (χ2n) is 10.0. The molecule has 0 bridgehead atoms. The summed E-state index contributed by atoms with van der Waals surface area (Å²) < 4.78 is 10.5. The third-order valence-corrected chi connectivity index (χ3v) is 7.09. The van der Waals surface area contributed by atoms with Crippen LogP contribution in [0.5, 0.6) is 0 Å². The maximum absolute atomic E-state index is 13.3. The van der Waals surface area contributed by atoms with Crippen molar-refractivity contribution >= 4 is 11.9 Å². The SMILES string of the molecule is CCC(C)(C)CC[C@H](NC(=O)N1CCOCC1)C(=O)NC1(C#N)CCN(CCCOC)CC1. The van der Waals surface area contributed by atoms with Gasteiger partial charge in [0.2, 0.25) is 5.91 Å². The Morgan fingerprint density at radius 1 is 1.21 bits per heavy atom. The van der Waals surface area contributed by atoms with E-state index in [1.807, 2.05) is 0 Å². The number of nitrogens with one attached hydrogen (secondary N) is 2. The van der Waals surface area contributed by atoms with E-state index in [9.17, 15) is 14.9 Å². The number of likely N-dealkylation sites (tertiary alicyclic amines) is 1. The van der Waals surface area contributed by atoms with E-state index in [0.29, 0.717) is 45.6 Å². The number of nitrogens with zero attached hydrogens (tertiary/aromatic N) is 3. The highest BCUT2D eigenvalue weighted by Gasteiger charge is 2.38. The zero-order valence-corrected chi connectivity index (χ0v) is 21.0. The van der Waals surface area contributed by atoms with E-state index in [2.05, 4.69) is 42.4 Å². The minimum Gasteiger partial charge on any atom is -0.385 e. The summed E-state index contributed by atoms with van der Waals surface area (Å²) in [6, 6.07) is 1.45. The third-order valence-electron chi connectivity index (χ3n) is 7.09. The summed E-state index contributed by atoms with van der Waals surface area (Å²) in [5.41, 5.74) is -0.820. The lowest BCUT2D eigenvalue weighted by Crippen LogP contribution is -2.60. The Morgan fingerprint density at radius 3 is 2.45 bits per heavy atom. The summed E-state index contributed by atoms with van der Waals surface area (Å²) in [5, 5.41) is 15.9. The molecule has 2 heterocycles. The van der Waals surface area contributed by atoms with Gasteiger partial charge in [0.25, 0.3) is 0 Å². The number of amides is 3. The molecule has 3 amide bonds. The number of methoxy groups -OCH3 is 1. The van der Waals surface area contributed by atoms with Crippen LogP contribution in [-0.4, -0.2) is 93.0 Å². The molecule has 0 radical (unpaired) electrons. The van der Waals surface area contributed by atoms with Crippen molar-refractivity contribution in [2.45, 2.75) is 70.9 Å². The average Bonchev–Trinajstić information content (AvgIpc) is 2.83. The van der Waals surface area contributed by atoms with E-state index in [1.54, 1.807) is 12.0 Å². The van der Waals surface area contributed by atoms with Gasteiger partial charge in [0, 0.05) is 46.4 Å². The van der Waals surface area contributed by atoms with Gasteiger partial charge >= 0.3 is 6.03 Å². The lowest BCUT2D eigenvalue weighted by atomic mass is 9.83. The molecule has 2 aliphatic heterocycles. The summed E-state index contributed by atoms with van der Waals surface area (Å²) in [7, 11) is 1.70. The number of rotatable bonds is 11. The van der Waals surface area contributed by atoms with E-state index in [0.717, 1.165) is 45.5 Å². The number of carbonyl (C=O) groups is 2. The zero-order valence-electron chi connectivity index (χ0n) is 21.0. The second-order valence-corrected chi connectivity index (χ2v) is 10.0. The smallest absolute Gasteiger partial charge is 0.318 e. The molecule has 2 saturated heterocycles. The van der Waals surface area contributed by atoms with Crippen molar-refractivity contribution in [2.24, 2.45) is 5.41 Å². The summed E-state index contributed by atoms with van der Waals surface area (Å²) in [6.45, 7) is 11.7. The third kappa shape index (κ3) is 8.76. The van der Waals surface area contributed by atoms with Crippen LogP contribution in [0.3, 0.4) is 0 Å². The standard InChI is InChI=1S/C24H43N5O4/c1-5-23(2,3)8-7-20(26-22(31)29-14-17-33-18-15-29)21(30)27-24(19-25)9-12-28(13-10-24)11-6-16-32-4/h20H,5-18H2,1-4H3,(H,26,31)(H,27,30)/t20-/m0/s1. The van der Waals surface area contributed by atoms with Crippen molar-refractivity contribution in [1.82, 2.24) is 20.4 Å². The fourth-order valence-corrected chi connectivity index (χ4v) is 4.17. The maximum Gasteiger partial charge on any atom is 0.318 e. The molecule has 0 aromatic rings. The lowest BCUT2D eigenvalue weighted by Gasteiger charge is -2.39. The van der Waals surface area contributed by atoms with E-state index in [4.69, 9.17) is 9.47 Å². The van der Waals surface area contributed by atoms with Gasteiger partial charge in [-0.2, -0.15) is 5.26 Å². The highest BCUT2D eigenvalue weighted by atomic mass is 16.5. The molecule has 33 heavy (non-hydrogen) atoms. The molecule has 0 aromatic carbocycles. The van der Waals surface area contributed by atoms with Crippen molar-refractivity contribution in [2.75, 3.05) is 59.7 Å². The Morgan fingerprint density at radius 2 is 1.88 bits per heavy atom. The highest BCUT2D eigenvalue weighted by Crippen LogP contribution is 2.27. The van der Waals surface area contributed by atoms with E-state index in [-0.39, 0.29) is 17.4 Å². The fourth-order valence-electron chi connectivity index (χ4n) is 4.17. The molecule has 2 rings (SSSR count). The monoisotopic (exact) mass is 465 g/mol. The predicted molar refractivity (Wildman–Crippen MR) is 127 cm³/mol. The highest BCUT2D eigenvalue weighted by molar-refractivity contribution is 5.87. The second kappa shape index (κ2) is 13.1. The summed E-state index contributed by atoms with van der Waals surface area (Å²) in [4.78, 5) is 30.2. The average molecular weight is 466 g/mol. The van der Waals surface area contributed by atoms with Crippen molar-refractivity contribution in [3.63, 3.8) is 0 Å². The van der Waals surface area contributed by atoms with Gasteiger partial charge in [-0.25, -0.2) is 4.79 Å². The van der Waals surface area contributed by atoms with Crippen LogP contribution in [0.15, 0.2) is 0 Å². The van der Waals surface area contributed by atoms with Gasteiger partial charge in [0.15, 0.2) is 0 Å². The van der Waals surface area contributed by atoms with Crippen molar-refractivity contribution in [1.29, 1.82) is 5.26 Å². The quantitative estimate of drug-likeness (QED) is 0.453. The van der Waals surface area contributed by atoms with Gasteiger partial charge in [0.1, 0.15) is 11.6 Å². The molecular weight excluding hydrogens is 422 g/mol. The Kier molecular flexibility index (Phi) is 10.9. The van der Waals surface area contributed by atoms with Gasteiger partial charge in [-0.3, -0.25) is 4.79 Å². The van der Waals surface area contributed by atoms with Crippen molar-refractivity contribution < 1.29 is 19.1 Å². The summed E-state index contributed by atoms with van der Waals surface area (Å²) >= 11 is 0. The number of nitriles is 1. The summed E-state index contributed by atoms with van der Waals surface area (Å²) in [6.07, 6.45) is 4.43. The van der Waals surface area contributed by atoms with E-state index >= 15 is 0 Å². The molecule has 2 fully saturated rings. The van der Waals surface area contributed by atoms with Crippen molar-refractivity contribution in [3.05, 3.63) is 0 Å². The molecule has 2 aliphatic rings. The number of hydrogen-bond donors (Lipinski definition) is 2. The number of piperidine rings is 1. The lowest BCUT2D eigenvalue weighted by molar-refractivity contribution is -0.125. The van der Waals surface area contributed by atoms with Crippen LogP contribution in [0.1, 0.15) is 59.3 Å². The Hall–Kier alpha value is -1.89. The molecule has 0 spiro atoms. The van der Waals surface area contributed by atoms with Crippen LogP contribution in [0, 0.1) is 16.7 Å². The minimum absolute atomic E-state index is 0.0721. The molecule has 0 saturated carbocycles. The van der Waals surface area contributed by atoms with Crippen LogP contribution in [-0.2, 0) is 14.3 Å². The van der Waals surface area contributed by atoms with Crippen LogP contribution in [0.4, 0.5) is 4.79 Å². The molecule has 9 heteroatoms. The first-order valence-electron chi connectivity index (χ1n) is 12.3. The first-order valence-corrected chi connectivity index (χ1v) is 12.3. The van der Waals surface area contributed by atoms with Gasteiger partial charge < -0.3 is 29.9 Å². The number of urea groups is 1. The first kappa shape index (κ1) is 27.4. The van der Waals surface area contributed by atoms with E-state index in [1.165, 1.54) is 0 Å². The van der Waals surface area contributed by atoms with Crippen LogP contribution in [0.25, 0.3) is 0 Å². The fraction of sp³-hybridized carbons (Fsp3) is 0.875. The number of carbonyl (C=O) groups excluding carboxylic acids is 2. The molecule has 0 unspecified atom stereocenters. The zero-order chi connectivity index (χ0) is 24.3. The van der Waals surface area contributed by atoms with E-state index < -0.39 is 11.6 Å². The molecule has 9 nitrogen and oxygen atoms in total. The Bertz CT molecular complexity index is 664. The molecule has 1 atom stereocenters. The normalized spacial score (nSPS) is 20.0. The van der Waals surface area contributed by atoms with Crippen LogP contribution < -0.4 is 10.6 Å². The molecule has 0 aromatic heterocycles. The number of ether oxygens (including phenoxy) is 2. The summed E-state index contributed by atoms with van der Waals surface area (Å²) in [5.74, 6) is -0.266. The van der Waals surface area contributed by atoms with Crippen molar-refractivity contribution in [3.8, 4) is 6.07 Å². The molecule has 188 valence electrons. The Labute approximate surface area is 199 Å². The van der Waals surface area contributed by atoms with Gasteiger partial charge in [-0.05, 0) is 37.5 Å². The van der Waals surface area contributed by atoms with Gasteiger partial charge in [-0.15, -0.1) is 0 Å². The molecule has 2 N–H and O–H groups in total. The largest absolute Gasteiger partial charge is 0.385 e.